The van der Waals surface area contributed by atoms with Gasteiger partial charge in [0.2, 0.25) is 0 Å². The van der Waals surface area contributed by atoms with Gasteiger partial charge in [0.25, 0.3) is 0 Å². The molecule has 1 rings (SSSR count). The van der Waals surface area contributed by atoms with Gasteiger partial charge in [-0.1, -0.05) is 23.7 Å². The van der Waals surface area contributed by atoms with Gasteiger partial charge in [-0.25, -0.2) is 0 Å². The number of ether oxygens (including phenoxy) is 1. The van der Waals surface area contributed by atoms with Gasteiger partial charge in [-0.2, -0.15) is 0 Å². The van der Waals surface area contributed by atoms with E-state index in [1.54, 1.807) is 7.11 Å². The predicted molar refractivity (Wildman–Crippen MR) is 71.6 cm³/mol. The van der Waals surface area contributed by atoms with Crippen LogP contribution in [-0.4, -0.2) is 24.4 Å². The zero-order chi connectivity index (χ0) is 12.8. The molecule has 96 valence electrons. The molecule has 2 atom stereocenters. The number of hydrogen-bond acceptors (Lipinski definition) is 2. The van der Waals surface area contributed by atoms with Crippen LogP contribution < -0.4 is 0 Å². The lowest BCUT2D eigenvalue weighted by Gasteiger charge is -2.14. The molecule has 0 aliphatic rings. The molecule has 17 heavy (non-hydrogen) atoms. The van der Waals surface area contributed by atoms with Crippen molar-refractivity contribution in [2.24, 2.45) is 0 Å². The highest BCUT2D eigenvalue weighted by molar-refractivity contribution is 6.31. The molecule has 0 amide bonds. The van der Waals surface area contributed by atoms with Gasteiger partial charge in [0.15, 0.2) is 0 Å². The van der Waals surface area contributed by atoms with Gasteiger partial charge in [-0.15, -0.1) is 0 Å². The van der Waals surface area contributed by atoms with Gasteiger partial charge < -0.3 is 9.84 Å². The van der Waals surface area contributed by atoms with E-state index in [0.29, 0.717) is 6.42 Å². The molecule has 1 aromatic carbocycles. The van der Waals surface area contributed by atoms with Crippen LogP contribution in [0.5, 0.6) is 0 Å². The first-order valence-electron chi connectivity index (χ1n) is 5.98. The van der Waals surface area contributed by atoms with Crippen LogP contribution >= 0.6 is 11.6 Å². The van der Waals surface area contributed by atoms with Crippen LogP contribution in [0.25, 0.3) is 0 Å². The van der Waals surface area contributed by atoms with Gasteiger partial charge >= 0.3 is 0 Å². The van der Waals surface area contributed by atoms with Crippen LogP contribution in [-0.2, 0) is 11.2 Å². The summed E-state index contributed by atoms with van der Waals surface area (Å²) in [5.41, 5.74) is 2.15. The average Bonchev–Trinajstić information content (AvgIpc) is 2.29. The number of methoxy groups -OCH3 is 1. The third-order valence-electron chi connectivity index (χ3n) is 2.97. The van der Waals surface area contributed by atoms with Crippen molar-refractivity contribution in [2.45, 2.75) is 45.3 Å². The van der Waals surface area contributed by atoms with E-state index in [0.717, 1.165) is 29.0 Å². The molecule has 2 unspecified atom stereocenters. The molecule has 1 N–H and O–H groups in total. The van der Waals surface area contributed by atoms with Crippen LogP contribution in [0.2, 0.25) is 5.02 Å². The maximum absolute atomic E-state index is 9.93. The molecule has 0 aliphatic heterocycles. The topological polar surface area (TPSA) is 29.5 Å². The number of rotatable bonds is 6. The smallest absolute Gasteiger partial charge is 0.0582 e. The molecule has 0 heterocycles. The molecule has 0 fully saturated rings. The summed E-state index contributed by atoms with van der Waals surface area (Å²) < 4.78 is 5.15. The molecule has 0 spiro atoms. The minimum absolute atomic E-state index is 0.193. The monoisotopic (exact) mass is 256 g/mol. The number of halogens is 1. The molecule has 0 bridgehead atoms. The molecule has 0 saturated heterocycles. The van der Waals surface area contributed by atoms with Gasteiger partial charge in [0.05, 0.1) is 12.2 Å². The third kappa shape index (κ3) is 5.07. The fraction of sp³-hybridized carbons (Fsp3) is 0.571. The fourth-order valence-corrected chi connectivity index (χ4v) is 2.03. The summed E-state index contributed by atoms with van der Waals surface area (Å²) in [5.74, 6) is 0. The molecule has 1 aromatic rings. The summed E-state index contributed by atoms with van der Waals surface area (Å²) >= 11 is 6.13. The SMILES string of the molecule is COC(C)CCC(O)Cc1ccc(C)cc1Cl. The minimum atomic E-state index is -0.354. The first-order valence-corrected chi connectivity index (χ1v) is 6.36. The maximum Gasteiger partial charge on any atom is 0.0582 e. The highest BCUT2D eigenvalue weighted by Crippen LogP contribution is 2.20. The lowest BCUT2D eigenvalue weighted by atomic mass is 10.0. The Balaban J connectivity index is 2.47. The van der Waals surface area contributed by atoms with Crippen molar-refractivity contribution in [1.29, 1.82) is 0 Å². The number of aliphatic hydroxyl groups is 1. The Morgan fingerprint density at radius 1 is 1.35 bits per heavy atom. The third-order valence-corrected chi connectivity index (χ3v) is 3.32. The lowest BCUT2D eigenvalue weighted by Crippen LogP contribution is -2.15. The summed E-state index contributed by atoms with van der Waals surface area (Å²) in [6.45, 7) is 4.01. The highest BCUT2D eigenvalue weighted by atomic mass is 35.5. The Morgan fingerprint density at radius 3 is 2.65 bits per heavy atom. The minimum Gasteiger partial charge on any atom is -0.393 e. The largest absolute Gasteiger partial charge is 0.393 e. The number of hydrogen-bond donors (Lipinski definition) is 1. The van der Waals surface area contributed by atoms with Gasteiger partial charge in [-0.3, -0.25) is 0 Å². The lowest BCUT2D eigenvalue weighted by molar-refractivity contribution is 0.0851. The van der Waals surface area contributed by atoms with Crippen molar-refractivity contribution >= 4 is 11.6 Å². The van der Waals surface area contributed by atoms with Crippen molar-refractivity contribution in [3.05, 3.63) is 34.3 Å². The average molecular weight is 257 g/mol. The Kier molecular flexibility index (Phi) is 5.96. The second-order valence-corrected chi connectivity index (χ2v) is 4.98. The van der Waals surface area contributed by atoms with Crippen molar-refractivity contribution in [1.82, 2.24) is 0 Å². The zero-order valence-corrected chi connectivity index (χ0v) is 11.5. The number of aliphatic hydroxyl groups excluding tert-OH is 1. The first kappa shape index (κ1) is 14.5. The second-order valence-electron chi connectivity index (χ2n) is 4.58. The van der Waals surface area contributed by atoms with E-state index in [4.69, 9.17) is 16.3 Å². The first-order chi connectivity index (χ1) is 8.02. The van der Waals surface area contributed by atoms with Gasteiger partial charge in [0, 0.05) is 12.1 Å². The highest BCUT2D eigenvalue weighted by Gasteiger charge is 2.10. The van der Waals surface area contributed by atoms with Crippen LogP contribution in [0.1, 0.15) is 30.9 Å². The van der Waals surface area contributed by atoms with E-state index < -0.39 is 0 Å². The normalized spacial score (nSPS) is 14.6. The number of aryl methyl sites for hydroxylation is 1. The quantitative estimate of drug-likeness (QED) is 0.846. The van der Waals surface area contributed by atoms with Crippen molar-refractivity contribution in [2.75, 3.05) is 7.11 Å². The van der Waals surface area contributed by atoms with Gasteiger partial charge in [0.1, 0.15) is 0 Å². The zero-order valence-electron chi connectivity index (χ0n) is 10.7. The summed E-state index contributed by atoms with van der Waals surface area (Å²) in [7, 11) is 1.69. The molecule has 0 aromatic heterocycles. The van der Waals surface area contributed by atoms with E-state index in [-0.39, 0.29) is 12.2 Å². The Labute approximate surface area is 109 Å². The maximum atomic E-state index is 9.93. The Bertz CT molecular complexity index is 352. The van der Waals surface area contributed by atoms with Crippen LogP contribution in [0.3, 0.4) is 0 Å². The van der Waals surface area contributed by atoms with Crippen molar-refractivity contribution < 1.29 is 9.84 Å². The standard InChI is InChI=1S/C14H21ClO2/c1-10-4-6-12(14(15)8-10)9-13(16)7-5-11(2)17-3/h4,6,8,11,13,16H,5,7,9H2,1-3H3. The molecular formula is C14H21ClO2. The van der Waals surface area contributed by atoms with E-state index in [1.165, 1.54) is 0 Å². The number of benzene rings is 1. The fourth-order valence-electron chi connectivity index (χ4n) is 1.72. The van der Waals surface area contributed by atoms with E-state index >= 15 is 0 Å². The van der Waals surface area contributed by atoms with Crippen LogP contribution in [0.4, 0.5) is 0 Å². The van der Waals surface area contributed by atoms with E-state index in [1.807, 2.05) is 32.0 Å². The van der Waals surface area contributed by atoms with Crippen molar-refractivity contribution in [3.63, 3.8) is 0 Å². The molecule has 0 radical (unpaired) electrons. The van der Waals surface area contributed by atoms with Crippen LogP contribution in [0, 0.1) is 6.92 Å². The summed E-state index contributed by atoms with van der Waals surface area (Å²) in [6.07, 6.45) is 2.04. The summed E-state index contributed by atoms with van der Waals surface area (Å²) in [6, 6.07) is 5.94. The Morgan fingerprint density at radius 2 is 2.06 bits per heavy atom. The molecular weight excluding hydrogens is 236 g/mol. The van der Waals surface area contributed by atoms with Gasteiger partial charge in [-0.05, 0) is 50.3 Å². The molecule has 3 heteroatoms. The molecule has 2 nitrogen and oxygen atoms in total. The van der Waals surface area contributed by atoms with Crippen LogP contribution in [0.15, 0.2) is 18.2 Å². The summed E-state index contributed by atoms with van der Waals surface area (Å²) in [5, 5.41) is 10.7. The predicted octanol–water partition coefficient (Wildman–Crippen LogP) is 3.37. The molecule has 0 aliphatic carbocycles. The molecule has 0 saturated carbocycles. The summed E-state index contributed by atoms with van der Waals surface area (Å²) in [4.78, 5) is 0. The van der Waals surface area contributed by atoms with E-state index in [2.05, 4.69) is 0 Å². The second kappa shape index (κ2) is 7.00. The Hall–Kier alpha value is -0.570. The van der Waals surface area contributed by atoms with E-state index in [9.17, 15) is 5.11 Å². The van der Waals surface area contributed by atoms with Crippen molar-refractivity contribution in [3.8, 4) is 0 Å².